The topological polar surface area (TPSA) is 99.6 Å². The second kappa shape index (κ2) is 14.1. The summed E-state index contributed by atoms with van der Waals surface area (Å²) in [6, 6.07) is 6.55. The number of aliphatic hydroxyl groups excluding tert-OH is 1. The third-order valence-corrected chi connectivity index (χ3v) is 9.91. The molecule has 1 aromatic carbocycles. The minimum Gasteiger partial charge on any atom is -0.494 e. The van der Waals surface area contributed by atoms with Gasteiger partial charge in [-0.1, -0.05) is 31.9 Å². The lowest BCUT2D eigenvalue weighted by molar-refractivity contribution is -0.155. The number of aliphatic hydroxyl groups is 1. The van der Waals surface area contributed by atoms with Crippen LogP contribution in [0.3, 0.4) is 0 Å². The van der Waals surface area contributed by atoms with Crippen molar-refractivity contribution in [1.29, 1.82) is 0 Å². The molecule has 3 amide bonds. The maximum absolute atomic E-state index is 14.8. The first-order valence-corrected chi connectivity index (χ1v) is 16.6. The molecule has 3 aliphatic rings. The molecule has 9 heteroatoms. The van der Waals surface area contributed by atoms with Crippen molar-refractivity contribution < 1.29 is 29.0 Å². The molecule has 0 aromatic heterocycles. The number of hydrogen-bond acceptors (Lipinski definition) is 6. The average Bonchev–Trinajstić information content (AvgIpc) is 3.61. The Labute approximate surface area is 269 Å². The van der Waals surface area contributed by atoms with Crippen molar-refractivity contribution in [1.82, 2.24) is 9.80 Å². The van der Waals surface area contributed by atoms with E-state index in [0.717, 1.165) is 12.8 Å². The summed E-state index contributed by atoms with van der Waals surface area (Å²) in [5.74, 6) is -1.33. The van der Waals surface area contributed by atoms with Crippen molar-refractivity contribution >= 4 is 23.4 Å². The van der Waals surface area contributed by atoms with Gasteiger partial charge in [-0.15, -0.1) is 13.2 Å². The van der Waals surface area contributed by atoms with Crippen molar-refractivity contribution in [3.63, 3.8) is 0 Å². The molecule has 3 heterocycles. The summed E-state index contributed by atoms with van der Waals surface area (Å²) in [7, 11) is 0. The predicted molar refractivity (Wildman–Crippen MR) is 176 cm³/mol. The van der Waals surface area contributed by atoms with Gasteiger partial charge in [-0.25, -0.2) is 0 Å². The molecule has 45 heavy (non-hydrogen) atoms. The smallest absolute Gasteiger partial charge is 0.249 e. The molecule has 3 fully saturated rings. The van der Waals surface area contributed by atoms with E-state index in [1.165, 1.54) is 0 Å². The maximum Gasteiger partial charge on any atom is 0.249 e. The predicted octanol–water partition coefficient (Wildman–Crippen LogP) is 5.12. The zero-order chi connectivity index (χ0) is 33.0. The fraction of sp³-hybridized carbons (Fsp3) is 0.639. The number of amides is 3. The SMILES string of the molecule is C=CCN(C(=O)[C@H]1[C@H]2C(=O)N(CCCCCCO)C(C(=O)N(CC=C)C(C)(C)C)C23CC[C@]1(CC)O3)c1ccc(OCC)cc1. The number of ether oxygens (including phenoxy) is 2. The van der Waals surface area contributed by atoms with Gasteiger partial charge in [-0.3, -0.25) is 14.4 Å². The summed E-state index contributed by atoms with van der Waals surface area (Å²) >= 11 is 0. The fourth-order valence-electron chi connectivity index (χ4n) is 7.84. The minimum atomic E-state index is -1.10. The molecule has 0 aliphatic carbocycles. The number of rotatable bonds is 16. The van der Waals surface area contributed by atoms with Gasteiger partial charge in [-0.2, -0.15) is 0 Å². The minimum absolute atomic E-state index is 0.128. The van der Waals surface area contributed by atoms with Crippen LogP contribution in [0.2, 0.25) is 0 Å². The largest absolute Gasteiger partial charge is 0.494 e. The van der Waals surface area contributed by atoms with Gasteiger partial charge >= 0.3 is 0 Å². The molecule has 0 radical (unpaired) electrons. The average molecular weight is 624 g/mol. The van der Waals surface area contributed by atoms with E-state index in [4.69, 9.17) is 9.47 Å². The van der Waals surface area contributed by atoms with Crippen LogP contribution in [0.4, 0.5) is 5.69 Å². The summed E-state index contributed by atoms with van der Waals surface area (Å²) < 4.78 is 12.6. The monoisotopic (exact) mass is 623 g/mol. The second-order valence-corrected chi connectivity index (χ2v) is 13.6. The highest BCUT2D eigenvalue weighted by Gasteiger charge is 2.79. The van der Waals surface area contributed by atoms with Crippen LogP contribution in [0.1, 0.15) is 79.6 Å². The zero-order valence-corrected chi connectivity index (χ0v) is 27.9. The Morgan fingerprint density at radius 3 is 2.29 bits per heavy atom. The lowest BCUT2D eigenvalue weighted by Gasteiger charge is -2.42. The molecule has 1 spiro atoms. The van der Waals surface area contributed by atoms with Crippen LogP contribution in [0, 0.1) is 11.8 Å². The summed E-state index contributed by atoms with van der Waals surface area (Å²) in [5, 5.41) is 9.25. The molecule has 0 saturated carbocycles. The molecule has 1 aromatic rings. The number of likely N-dealkylation sites (tertiary alicyclic amines) is 1. The summed E-state index contributed by atoms with van der Waals surface area (Å²) in [6.45, 7) is 19.3. The molecule has 3 aliphatic heterocycles. The molecule has 5 atom stereocenters. The standard InChI is InChI=1S/C36H53N3O6/c1-8-22-37(26-16-18-27(19-17-26)44-11-4)31(41)28-29-32(42)38(24-14-12-13-15-25-40)30(33(43)39(23-9-2)34(5,6)7)36(29)21-20-35(28,10-3)45-36/h8-9,16-19,28-30,40H,1-2,10-15,20-25H2,3-7H3/t28-,29+,30?,35+,36?/m1/s1. The van der Waals surface area contributed by atoms with E-state index in [2.05, 4.69) is 13.2 Å². The Morgan fingerprint density at radius 2 is 1.71 bits per heavy atom. The maximum atomic E-state index is 14.8. The van der Waals surface area contributed by atoms with E-state index in [-0.39, 0.29) is 30.9 Å². The van der Waals surface area contributed by atoms with Gasteiger partial charge in [0.05, 0.1) is 24.0 Å². The first-order valence-electron chi connectivity index (χ1n) is 16.6. The van der Waals surface area contributed by atoms with Gasteiger partial charge in [0.1, 0.15) is 17.4 Å². The first-order chi connectivity index (χ1) is 21.5. The lowest BCUT2D eigenvalue weighted by atomic mass is 9.64. The number of carbonyl (C=O) groups excluding carboxylic acids is 3. The normalized spacial score (nSPS) is 26.9. The van der Waals surface area contributed by atoms with Crippen molar-refractivity contribution in [2.45, 2.75) is 102 Å². The van der Waals surface area contributed by atoms with Crippen molar-refractivity contribution in [2.75, 3.05) is 37.7 Å². The number of benzene rings is 1. The van der Waals surface area contributed by atoms with Gasteiger partial charge in [0, 0.05) is 37.5 Å². The Kier molecular flexibility index (Phi) is 10.9. The number of hydrogen-bond donors (Lipinski definition) is 1. The molecule has 4 rings (SSSR count). The molecule has 248 valence electrons. The van der Waals surface area contributed by atoms with Crippen LogP contribution in [0.15, 0.2) is 49.6 Å². The molecule has 3 saturated heterocycles. The molecule has 2 unspecified atom stereocenters. The number of fused-ring (bicyclic) bond motifs is 1. The van der Waals surface area contributed by atoms with Crippen LogP contribution < -0.4 is 9.64 Å². The Balaban J connectivity index is 1.77. The van der Waals surface area contributed by atoms with Gasteiger partial charge in [-0.05, 0) is 84.1 Å². The highest BCUT2D eigenvalue weighted by Crippen LogP contribution is 2.65. The van der Waals surface area contributed by atoms with E-state index in [1.807, 2.05) is 58.9 Å². The van der Waals surface area contributed by atoms with Gasteiger partial charge in [0.2, 0.25) is 17.7 Å². The van der Waals surface area contributed by atoms with E-state index in [0.29, 0.717) is 63.2 Å². The Hall–Kier alpha value is -3.17. The van der Waals surface area contributed by atoms with E-state index in [9.17, 15) is 19.5 Å². The van der Waals surface area contributed by atoms with Crippen LogP contribution >= 0.6 is 0 Å². The van der Waals surface area contributed by atoms with E-state index >= 15 is 0 Å². The van der Waals surface area contributed by atoms with Crippen LogP contribution in [0.25, 0.3) is 0 Å². The number of carbonyl (C=O) groups is 3. The molecular formula is C36H53N3O6. The van der Waals surface area contributed by atoms with Crippen molar-refractivity contribution in [3.05, 3.63) is 49.6 Å². The second-order valence-electron chi connectivity index (χ2n) is 13.6. The third kappa shape index (κ3) is 6.30. The molecule has 1 N–H and O–H groups in total. The molecule has 2 bridgehead atoms. The quantitative estimate of drug-likeness (QED) is 0.203. The lowest BCUT2D eigenvalue weighted by Crippen LogP contribution is -2.60. The molecule has 9 nitrogen and oxygen atoms in total. The Bertz CT molecular complexity index is 1240. The first kappa shape index (κ1) is 34.7. The highest BCUT2D eigenvalue weighted by molar-refractivity contribution is 6.03. The van der Waals surface area contributed by atoms with Gasteiger partial charge in [0.15, 0.2) is 0 Å². The van der Waals surface area contributed by atoms with Crippen LogP contribution in [-0.4, -0.2) is 88.3 Å². The van der Waals surface area contributed by atoms with Gasteiger partial charge < -0.3 is 29.3 Å². The van der Waals surface area contributed by atoms with Crippen molar-refractivity contribution in [2.24, 2.45) is 11.8 Å². The van der Waals surface area contributed by atoms with E-state index in [1.54, 1.807) is 26.9 Å². The van der Waals surface area contributed by atoms with Crippen molar-refractivity contribution in [3.8, 4) is 5.75 Å². The highest BCUT2D eigenvalue weighted by atomic mass is 16.5. The van der Waals surface area contributed by atoms with Gasteiger partial charge in [0.25, 0.3) is 0 Å². The summed E-state index contributed by atoms with van der Waals surface area (Å²) in [6.07, 6.45) is 8.15. The van der Waals surface area contributed by atoms with E-state index < -0.39 is 34.6 Å². The van der Waals surface area contributed by atoms with Crippen LogP contribution in [-0.2, 0) is 19.1 Å². The number of unbranched alkanes of at least 4 members (excludes halogenated alkanes) is 3. The molecular weight excluding hydrogens is 570 g/mol. The summed E-state index contributed by atoms with van der Waals surface area (Å²) in [4.78, 5) is 49.3. The number of anilines is 1. The fourth-order valence-corrected chi connectivity index (χ4v) is 7.84. The zero-order valence-electron chi connectivity index (χ0n) is 27.9. The third-order valence-electron chi connectivity index (χ3n) is 9.91. The van der Waals surface area contributed by atoms with Crippen LogP contribution in [0.5, 0.6) is 5.75 Å². The number of nitrogens with zero attached hydrogens (tertiary/aromatic N) is 3. The summed E-state index contributed by atoms with van der Waals surface area (Å²) in [5.41, 5.74) is -1.77. The Morgan fingerprint density at radius 1 is 1.04 bits per heavy atom.